The van der Waals surface area contributed by atoms with E-state index in [1.807, 2.05) is 0 Å². The summed E-state index contributed by atoms with van der Waals surface area (Å²) in [7, 11) is -2.06. The van der Waals surface area contributed by atoms with Gasteiger partial charge in [0.1, 0.15) is 17.5 Å². The molecule has 0 bridgehead atoms. The molecule has 11 heteroatoms. The maximum absolute atomic E-state index is 12.6. The van der Waals surface area contributed by atoms with Crippen LogP contribution in [0.3, 0.4) is 0 Å². The van der Waals surface area contributed by atoms with Gasteiger partial charge in [-0.25, -0.2) is 13.4 Å². The Labute approximate surface area is 135 Å². The van der Waals surface area contributed by atoms with Gasteiger partial charge in [-0.15, -0.1) is 0 Å². The fourth-order valence-corrected chi connectivity index (χ4v) is 3.63. The van der Waals surface area contributed by atoms with Gasteiger partial charge in [0.2, 0.25) is 0 Å². The van der Waals surface area contributed by atoms with Gasteiger partial charge in [-0.1, -0.05) is 0 Å². The highest BCUT2D eigenvalue weighted by Crippen LogP contribution is 2.30. The van der Waals surface area contributed by atoms with E-state index < -0.39 is 28.0 Å². The zero-order chi connectivity index (χ0) is 17.5. The molecule has 0 radical (unpaired) electrons. The normalized spacial score (nSPS) is 16.8. The van der Waals surface area contributed by atoms with Crippen molar-refractivity contribution in [3.63, 3.8) is 0 Å². The lowest BCUT2D eigenvalue weighted by Crippen LogP contribution is -2.56. The van der Waals surface area contributed by atoms with E-state index in [0.29, 0.717) is 0 Å². The van der Waals surface area contributed by atoms with Crippen molar-refractivity contribution in [1.29, 1.82) is 0 Å². The molecule has 2 aromatic rings. The molecule has 1 aliphatic rings. The summed E-state index contributed by atoms with van der Waals surface area (Å²) in [5.41, 5.74) is -1.06. The summed E-state index contributed by atoms with van der Waals surface area (Å²) in [6.07, 6.45) is -1.34. The van der Waals surface area contributed by atoms with E-state index in [-0.39, 0.29) is 23.9 Å². The molecule has 1 saturated heterocycles. The molecule has 0 aliphatic carbocycles. The minimum Gasteiger partial charge on any atom is -0.488 e. The molecular weight excluding hydrogens is 349 g/mol. The molecule has 0 saturated carbocycles. The van der Waals surface area contributed by atoms with Crippen molar-refractivity contribution in [2.24, 2.45) is 7.05 Å². The molecular formula is C13H13F3N4O3S. The zero-order valence-electron chi connectivity index (χ0n) is 12.4. The molecule has 1 aliphatic heterocycles. The average molecular weight is 362 g/mol. The predicted molar refractivity (Wildman–Crippen MR) is 75.6 cm³/mol. The molecule has 7 nitrogen and oxygen atoms in total. The number of ether oxygens (including phenoxy) is 1. The summed E-state index contributed by atoms with van der Waals surface area (Å²) in [4.78, 5) is 7.03. The number of alkyl halides is 3. The van der Waals surface area contributed by atoms with Crippen molar-refractivity contribution >= 4 is 10.0 Å². The third kappa shape index (κ3) is 3.22. The highest BCUT2D eigenvalue weighted by molar-refractivity contribution is 7.89. The predicted octanol–water partition coefficient (Wildman–Crippen LogP) is 1.29. The molecule has 0 amide bonds. The monoisotopic (exact) mass is 362 g/mol. The van der Waals surface area contributed by atoms with Crippen LogP contribution in [-0.2, 0) is 23.2 Å². The third-order valence-electron chi connectivity index (χ3n) is 3.42. The molecule has 3 heterocycles. The topological polar surface area (TPSA) is 77.3 Å². The molecule has 1 fully saturated rings. The van der Waals surface area contributed by atoms with Crippen LogP contribution >= 0.6 is 0 Å². The number of aryl methyl sites for hydroxylation is 1. The van der Waals surface area contributed by atoms with Crippen LogP contribution in [0.5, 0.6) is 5.75 Å². The van der Waals surface area contributed by atoms with Gasteiger partial charge in [0.25, 0.3) is 10.0 Å². The molecule has 3 rings (SSSR count). The van der Waals surface area contributed by atoms with Gasteiger partial charge >= 0.3 is 6.18 Å². The molecule has 0 aromatic carbocycles. The molecule has 0 unspecified atom stereocenters. The largest absolute Gasteiger partial charge is 0.488 e. The Kier molecular flexibility index (Phi) is 4.00. The number of pyridine rings is 1. The molecule has 0 atom stereocenters. The van der Waals surface area contributed by atoms with Gasteiger partial charge in [-0.3, -0.25) is 4.98 Å². The van der Waals surface area contributed by atoms with E-state index in [1.54, 1.807) is 7.05 Å². The fourth-order valence-electron chi connectivity index (χ4n) is 2.16. The standard InChI is InChI=1S/C13H13F3N4O3S/c1-19-7-12(18-8-19)24(21,22)20-5-10(6-20)23-9-2-3-17-11(4-9)13(14,15)16/h2-4,7-8,10H,5-6H2,1H3. The van der Waals surface area contributed by atoms with Crippen LogP contribution in [0.1, 0.15) is 5.69 Å². The number of aromatic nitrogens is 3. The van der Waals surface area contributed by atoms with Crippen LogP contribution in [0, 0.1) is 0 Å². The summed E-state index contributed by atoms with van der Waals surface area (Å²) in [6.45, 7) is 0.0885. The van der Waals surface area contributed by atoms with E-state index in [1.165, 1.54) is 23.2 Å². The zero-order valence-corrected chi connectivity index (χ0v) is 13.3. The van der Waals surface area contributed by atoms with E-state index >= 15 is 0 Å². The first-order chi connectivity index (χ1) is 11.2. The Hall–Kier alpha value is -2.14. The van der Waals surface area contributed by atoms with E-state index in [9.17, 15) is 21.6 Å². The molecule has 0 spiro atoms. The molecule has 0 N–H and O–H groups in total. The first-order valence-electron chi connectivity index (χ1n) is 6.84. The first-order valence-corrected chi connectivity index (χ1v) is 8.28. The van der Waals surface area contributed by atoms with Crippen molar-refractivity contribution < 1.29 is 26.3 Å². The Morgan fingerprint density at radius 2 is 2.00 bits per heavy atom. The number of sulfonamides is 1. The average Bonchev–Trinajstić information content (AvgIpc) is 2.89. The van der Waals surface area contributed by atoms with E-state index in [4.69, 9.17) is 4.74 Å². The Bertz CT molecular complexity index is 844. The summed E-state index contributed by atoms with van der Waals surface area (Å²) in [6, 6.07) is 2.08. The number of halogens is 3. The van der Waals surface area contributed by atoms with Gasteiger partial charge in [-0.05, 0) is 6.07 Å². The van der Waals surface area contributed by atoms with Crippen LogP contribution in [0.25, 0.3) is 0 Å². The Morgan fingerprint density at radius 1 is 1.29 bits per heavy atom. The minimum absolute atomic E-state index is 0.00258. The smallest absolute Gasteiger partial charge is 0.433 e. The SMILES string of the molecule is Cn1cnc(S(=O)(=O)N2CC(Oc3ccnc(C(F)(F)F)c3)C2)c1. The highest BCUT2D eigenvalue weighted by Gasteiger charge is 2.39. The maximum atomic E-state index is 12.6. The Morgan fingerprint density at radius 3 is 2.58 bits per heavy atom. The molecule has 2 aromatic heterocycles. The second-order valence-electron chi connectivity index (χ2n) is 5.31. The van der Waals surface area contributed by atoms with Gasteiger partial charge < -0.3 is 9.30 Å². The van der Waals surface area contributed by atoms with Crippen molar-refractivity contribution in [3.05, 3.63) is 36.5 Å². The van der Waals surface area contributed by atoms with Crippen molar-refractivity contribution in [2.75, 3.05) is 13.1 Å². The lowest BCUT2D eigenvalue weighted by atomic mass is 10.2. The summed E-state index contributed by atoms with van der Waals surface area (Å²) in [5, 5.41) is -0.0771. The quantitative estimate of drug-likeness (QED) is 0.819. The third-order valence-corrected chi connectivity index (χ3v) is 5.14. The van der Waals surface area contributed by atoms with E-state index in [2.05, 4.69) is 9.97 Å². The lowest BCUT2D eigenvalue weighted by molar-refractivity contribution is -0.141. The van der Waals surface area contributed by atoms with Crippen LogP contribution in [-0.4, -0.2) is 46.5 Å². The van der Waals surface area contributed by atoms with Crippen molar-refractivity contribution in [1.82, 2.24) is 18.8 Å². The van der Waals surface area contributed by atoms with Crippen LogP contribution in [0.15, 0.2) is 35.9 Å². The number of imidazole rings is 1. The summed E-state index contributed by atoms with van der Waals surface area (Å²) < 4.78 is 70.3. The second kappa shape index (κ2) is 5.74. The van der Waals surface area contributed by atoms with E-state index in [0.717, 1.165) is 16.6 Å². The van der Waals surface area contributed by atoms with Gasteiger partial charge in [0, 0.05) is 25.5 Å². The summed E-state index contributed by atoms with van der Waals surface area (Å²) in [5.74, 6) is -0.00258. The van der Waals surface area contributed by atoms with Gasteiger partial charge in [-0.2, -0.15) is 17.5 Å². The Balaban J connectivity index is 1.64. The van der Waals surface area contributed by atoms with Crippen molar-refractivity contribution in [2.45, 2.75) is 17.3 Å². The molecule has 130 valence electrons. The van der Waals surface area contributed by atoms with Crippen LogP contribution in [0.2, 0.25) is 0 Å². The fraction of sp³-hybridized carbons (Fsp3) is 0.385. The second-order valence-corrected chi connectivity index (χ2v) is 7.20. The van der Waals surface area contributed by atoms with Gasteiger partial charge in [0.05, 0.1) is 19.4 Å². The number of hydrogen-bond acceptors (Lipinski definition) is 5. The number of nitrogens with zero attached hydrogens (tertiary/aromatic N) is 4. The highest BCUT2D eigenvalue weighted by atomic mass is 32.2. The van der Waals surface area contributed by atoms with Crippen LogP contribution in [0.4, 0.5) is 13.2 Å². The summed E-state index contributed by atoms with van der Waals surface area (Å²) >= 11 is 0. The van der Waals surface area contributed by atoms with Crippen molar-refractivity contribution in [3.8, 4) is 5.75 Å². The van der Waals surface area contributed by atoms with Crippen LogP contribution < -0.4 is 4.74 Å². The number of rotatable bonds is 4. The minimum atomic E-state index is -4.56. The molecule has 24 heavy (non-hydrogen) atoms. The lowest BCUT2D eigenvalue weighted by Gasteiger charge is -2.37. The number of hydrogen-bond donors (Lipinski definition) is 0. The van der Waals surface area contributed by atoms with Gasteiger partial charge in [0.15, 0.2) is 5.03 Å². The maximum Gasteiger partial charge on any atom is 0.433 e. The first kappa shape index (κ1) is 16.7.